The maximum atomic E-state index is 12.2. The van der Waals surface area contributed by atoms with Crippen LogP contribution in [0.5, 0.6) is 0 Å². The lowest BCUT2D eigenvalue weighted by Crippen LogP contribution is -2.07. The molecular formula is C36H50O6S2. The van der Waals surface area contributed by atoms with Crippen molar-refractivity contribution in [3.63, 3.8) is 0 Å². The second kappa shape index (κ2) is 22.0. The first-order chi connectivity index (χ1) is 21.2. The third-order valence-corrected chi connectivity index (χ3v) is 9.88. The van der Waals surface area contributed by atoms with Crippen molar-refractivity contribution in [2.24, 2.45) is 0 Å². The third-order valence-electron chi connectivity index (χ3n) is 7.23. The third kappa shape index (κ3) is 17.0. The predicted molar refractivity (Wildman–Crippen MR) is 178 cm³/mol. The van der Waals surface area contributed by atoms with E-state index in [2.05, 4.69) is 23.7 Å². The molecule has 8 heteroatoms. The molecule has 0 heterocycles. The SMILES string of the molecule is Cc1ccc(S(=O)(=O)OCCCCCCCCCC#CC#CCCCCCCCCCOS(=O)(=O)c2ccc(C)cc2)cc1. The Morgan fingerprint density at radius 2 is 0.750 bits per heavy atom. The predicted octanol–water partition coefficient (Wildman–Crippen LogP) is 8.66. The van der Waals surface area contributed by atoms with E-state index < -0.39 is 20.2 Å². The van der Waals surface area contributed by atoms with Gasteiger partial charge >= 0.3 is 0 Å². The topological polar surface area (TPSA) is 86.7 Å². The van der Waals surface area contributed by atoms with Crippen molar-refractivity contribution in [2.75, 3.05) is 13.2 Å². The van der Waals surface area contributed by atoms with Crippen molar-refractivity contribution in [3.8, 4) is 23.7 Å². The van der Waals surface area contributed by atoms with Crippen LogP contribution in [-0.2, 0) is 28.6 Å². The Hall–Kier alpha value is -2.62. The van der Waals surface area contributed by atoms with Gasteiger partial charge in [0.2, 0.25) is 0 Å². The molecular weight excluding hydrogens is 593 g/mol. The minimum atomic E-state index is -3.65. The Morgan fingerprint density at radius 3 is 1.09 bits per heavy atom. The summed E-state index contributed by atoms with van der Waals surface area (Å²) in [6, 6.07) is 13.4. The normalized spacial score (nSPS) is 11.4. The molecule has 0 fully saturated rings. The summed E-state index contributed by atoms with van der Waals surface area (Å²) in [5.41, 5.74) is 2.04. The standard InChI is InChI=1S/C36H50O6S2/c1-33-23-27-35(28-24-33)43(37,38)41-31-21-19-17-15-13-11-9-7-5-3-4-6-8-10-12-14-16-18-20-22-32-42-44(39,40)36-29-25-34(2)26-30-36/h23-30H,7-22,31-32H2,1-2H3. The smallest absolute Gasteiger partial charge is 0.266 e. The van der Waals surface area contributed by atoms with Crippen molar-refractivity contribution in [1.82, 2.24) is 0 Å². The van der Waals surface area contributed by atoms with Gasteiger partial charge in [-0.25, -0.2) is 0 Å². The van der Waals surface area contributed by atoms with Crippen LogP contribution >= 0.6 is 0 Å². The molecule has 6 nitrogen and oxygen atoms in total. The van der Waals surface area contributed by atoms with Gasteiger partial charge in [-0.1, -0.05) is 111 Å². The molecule has 0 atom stereocenters. The monoisotopic (exact) mass is 642 g/mol. The lowest BCUT2D eigenvalue weighted by Gasteiger charge is -2.06. The van der Waals surface area contributed by atoms with Crippen molar-refractivity contribution in [3.05, 3.63) is 59.7 Å². The van der Waals surface area contributed by atoms with E-state index in [1.807, 2.05) is 13.8 Å². The summed E-state index contributed by atoms with van der Waals surface area (Å²) < 4.78 is 58.9. The van der Waals surface area contributed by atoms with Gasteiger partial charge in [0.25, 0.3) is 20.2 Å². The second-order valence-corrected chi connectivity index (χ2v) is 14.5. The molecule has 0 bridgehead atoms. The van der Waals surface area contributed by atoms with Gasteiger partial charge in [-0.05, 0) is 75.6 Å². The molecule has 0 spiro atoms. The van der Waals surface area contributed by atoms with E-state index in [-0.39, 0.29) is 23.0 Å². The van der Waals surface area contributed by atoms with Crippen LogP contribution in [-0.4, -0.2) is 30.0 Å². The van der Waals surface area contributed by atoms with Gasteiger partial charge in [0.1, 0.15) is 0 Å². The van der Waals surface area contributed by atoms with E-state index in [1.54, 1.807) is 48.5 Å². The van der Waals surface area contributed by atoms with E-state index in [9.17, 15) is 16.8 Å². The minimum Gasteiger partial charge on any atom is -0.266 e. The Bertz CT molecular complexity index is 1290. The highest BCUT2D eigenvalue weighted by atomic mass is 32.2. The van der Waals surface area contributed by atoms with Gasteiger partial charge in [-0.2, -0.15) is 16.8 Å². The van der Waals surface area contributed by atoms with Crippen LogP contribution in [0.1, 0.15) is 114 Å². The molecule has 0 saturated heterocycles. The molecule has 2 rings (SSSR count). The zero-order valence-electron chi connectivity index (χ0n) is 26.6. The number of unbranched alkanes of at least 4 members (excludes halogenated alkanes) is 14. The number of hydrogen-bond donors (Lipinski definition) is 0. The van der Waals surface area contributed by atoms with Crippen LogP contribution in [0.3, 0.4) is 0 Å². The second-order valence-electron chi connectivity index (χ2n) is 11.2. The first-order valence-corrected chi connectivity index (χ1v) is 18.9. The summed E-state index contributed by atoms with van der Waals surface area (Å²) >= 11 is 0. The van der Waals surface area contributed by atoms with Crippen LogP contribution < -0.4 is 0 Å². The molecule has 2 aromatic carbocycles. The summed E-state index contributed by atoms with van der Waals surface area (Å²) in [4.78, 5) is 0.431. The average Bonchev–Trinajstić information content (AvgIpc) is 2.99. The summed E-state index contributed by atoms with van der Waals surface area (Å²) in [6.07, 6.45) is 16.5. The fraction of sp³-hybridized carbons (Fsp3) is 0.556. The molecule has 0 radical (unpaired) electrons. The Morgan fingerprint density at radius 1 is 0.455 bits per heavy atom. The zero-order valence-corrected chi connectivity index (χ0v) is 28.2. The Kier molecular flexibility index (Phi) is 18.8. The van der Waals surface area contributed by atoms with Gasteiger partial charge < -0.3 is 0 Å². The zero-order chi connectivity index (χ0) is 31.9. The highest BCUT2D eigenvalue weighted by Crippen LogP contribution is 2.16. The van der Waals surface area contributed by atoms with Crippen molar-refractivity contribution < 1.29 is 25.2 Å². The van der Waals surface area contributed by atoms with E-state index in [4.69, 9.17) is 8.37 Å². The Balaban J connectivity index is 1.33. The first-order valence-electron chi connectivity index (χ1n) is 16.1. The minimum absolute atomic E-state index is 0.215. The molecule has 242 valence electrons. The largest absolute Gasteiger partial charge is 0.296 e. The molecule has 0 unspecified atom stereocenters. The highest BCUT2D eigenvalue weighted by molar-refractivity contribution is 7.87. The first kappa shape index (κ1) is 37.6. The van der Waals surface area contributed by atoms with Crippen molar-refractivity contribution in [2.45, 2.75) is 126 Å². The van der Waals surface area contributed by atoms with Crippen LogP contribution in [0.4, 0.5) is 0 Å². The average molecular weight is 643 g/mol. The Labute approximate surface area is 267 Å². The number of aryl methyl sites for hydroxylation is 2. The summed E-state index contributed by atoms with van der Waals surface area (Å²) in [5.74, 6) is 12.2. The molecule has 0 N–H and O–H groups in total. The molecule has 0 amide bonds. The summed E-state index contributed by atoms with van der Waals surface area (Å²) in [5, 5.41) is 0. The molecule has 44 heavy (non-hydrogen) atoms. The van der Waals surface area contributed by atoms with Gasteiger partial charge in [0.05, 0.1) is 23.0 Å². The van der Waals surface area contributed by atoms with Crippen LogP contribution in [0.2, 0.25) is 0 Å². The van der Waals surface area contributed by atoms with Crippen molar-refractivity contribution >= 4 is 20.2 Å². The van der Waals surface area contributed by atoms with Crippen LogP contribution in [0, 0.1) is 37.5 Å². The van der Waals surface area contributed by atoms with Crippen molar-refractivity contribution in [1.29, 1.82) is 0 Å². The molecule has 0 aliphatic heterocycles. The van der Waals surface area contributed by atoms with Gasteiger partial charge in [-0.3, -0.25) is 8.37 Å². The number of hydrogen-bond acceptors (Lipinski definition) is 6. The van der Waals surface area contributed by atoms with E-state index >= 15 is 0 Å². The number of benzene rings is 2. The fourth-order valence-corrected chi connectivity index (χ4v) is 6.38. The summed E-state index contributed by atoms with van der Waals surface area (Å²) in [7, 11) is -7.31. The highest BCUT2D eigenvalue weighted by Gasteiger charge is 2.15. The van der Waals surface area contributed by atoms with E-state index in [0.717, 1.165) is 101 Å². The molecule has 0 saturated carbocycles. The molecule has 0 aliphatic carbocycles. The van der Waals surface area contributed by atoms with E-state index in [1.165, 1.54) is 12.8 Å². The van der Waals surface area contributed by atoms with E-state index in [0.29, 0.717) is 0 Å². The molecule has 2 aromatic rings. The number of rotatable bonds is 22. The summed E-state index contributed by atoms with van der Waals surface area (Å²) in [6.45, 7) is 4.31. The quantitative estimate of drug-likeness (QED) is 0.0726. The lowest BCUT2D eigenvalue weighted by atomic mass is 10.1. The van der Waals surface area contributed by atoms with Gasteiger partial charge in [0.15, 0.2) is 0 Å². The van der Waals surface area contributed by atoms with Crippen LogP contribution in [0.25, 0.3) is 0 Å². The fourth-order valence-electron chi connectivity index (χ4n) is 4.50. The maximum Gasteiger partial charge on any atom is 0.296 e. The van der Waals surface area contributed by atoms with Gasteiger partial charge in [0, 0.05) is 12.8 Å². The molecule has 0 aromatic heterocycles. The lowest BCUT2D eigenvalue weighted by molar-refractivity contribution is 0.305. The van der Waals surface area contributed by atoms with Crippen LogP contribution in [0.15, 0.2) is 58.3 Å². The van der Waals surface area contributed by atoms with Gasteiger partial charge in [-0.15, -0.1) is 0 Å². The maximum absolute atomic E-state index is 12.2. The molecule has 0 aliphatic rings.